The lowest BCUT2D eigenvalue weighted by Gasteiger charge is -2.18. The Kier molecular flexibility index (Phi) is 6.86. The summed E-state index contributed by atoms with van der Waals surface area (Å²) in [6.07, 6.45) is 0.997. The van der Waals surface area contributed by atoms with Gasteiger partial charge in [-0.2, -0.15) is 0 Å². The molecule has 0 saturated carbocycles. The fourth-order valence-corrected chi connectivity index (χ4v) is 1.52. The molecule has 3 N–H and O–H groups in total. The molecule has 0 aromatic carbocycles. The highest BCUT2D eigenvalue weighted by Gasteiger charge is 2.30. The molecule has 0 aliphatic rings. The van der Waals surface area contributed by atoms with Crippen LogP contribution in [-0.4, -0.2) is 27.8 Å². The fraction of sp³-hybridized carbons (Fsp3) is 0.857. The Morgan fingerprint density at radius 1 is 1.38 bits per heavy atom. The Hall–Kier alpha value is 0.300. The Balaban J connectivity index is 4.15. The van der Waals surface area contributed by atoms with Gasteiger partial charge in [0.2, 0.25) is 0 Å². The lowest BCUT2D eigenvalue weighted by Crippen LogP contribution is -2.29. The molecule has 0 aliphatic heterocycles. The summed E-state index contributed by atoms with van der Waals surface area (Å²) < 4.78 is 0. The second-order valence-electron chi connectivity index (χ2n) is 2.65. The molecule has 0 fully saturated rings. The third kappa shape index (κ3) is 4.91. The van der Waals surface area contributed by atoms with Crippen LogP contribution in [0.3, 0.4) is 0 Å². The van der Waals surface area contributed by atoms with Crippen LogP contribution in [0.15, 0.2) is 0 Å². The third-order valence-corrected chi connectivity index (χ3v) is 3.02. The largest absolute Gasteiger partial charge is 0.481 e. The van der Waals surface area contributed by atoms with Gasteiger partial charge in [-0.15, -0.1) is 34.8 Å². The fourth-order valence-electron chi connectivity index (χ4n) is 0.932. The molecule has 0 amide bonds. The summed E-state index contributed by atoms with van der Waals surface area (Å²) >= 11 is 16.7. The van der Waals surface area contributed by atoms with E-state index in [0.717, 1.165) is 0 Å². The molecule has 78 valence electrons. The SMILES string of the molecule is NCCCC(C(=O)O)C(Cl)C(Cl)Cl. The molecule has 0 rings (SSSR count). The number of nitrogens with two attached hydrogens (primary N) is 1. The summed E-state index contributed by atoms with van der Waals surface area (Å²) in [6.45, 7) is 0.433. The van der Waals surface area contributed by atoms with Gasteiger partial charge in [-0.3, -0.25) is 4.79 Å². The van der Waals surface area contributed by atoms with Crippen molar-refractivity contribution in [2.45, 2.75) is 23.1 Å². The van der Waals surface area contributed by atoms with Gasteiger partial charge in [0, 0.05) is 0 Å². The van der Waals surface area contributed by atoms with E-state index < -0.39 is 22.1 Å². The topological polar surface area (TPSA) is 63.3 Å². The van der Waals surface area contributed by atoms with Crippen LogP contribution in [0.1, 0.15) is 12.8 Å². The van der Waals surface area contributed by atoms with E-state index in [9.17, 15) is 4.79 Å². The van der Waals surface area contributed by atoms with Gasteiger partial charge in [-0.1, -0.05) is 0 Å². The lowest BCUT2D eigenvalue weighted by atomic mass is 10.00. The molecule has 0 aromatic heterocycles. The monoisotopic (exact) mass is 247 g/mol. The van der Waals surface area contributed by atoms with Gasteiger partial charge >= 0.3 is 5.97 Å². The van der Waals surface area contributed by atoms with Crippen LogP contribution in [0.2, 0.25) is 0 Å². The second-order valence-corrected chi connectivity index (χ2v) is 4.32. The van der Waals surface area contributed by atoms with Crippen LogP contribution in [0.4, 0.5) is 0 Å². The molecule has 0 spiro atoms. The van der Waals surface area contributed by atoms with Crippen molar-refractivity contribution >= 4 is 40.8 Å². The van der Waals surface area contributed by atoms with Gasteiger partial charge in [0.15, 0.2) is 0 Å². The van der Waals surface area contributed by atoms with Crippen LogP contribution in [-0.2, 0) is 4.79 Å². The number of carbonyl (C=O) groups is 1. The number of hydrogen-bond donors (Lipinski definition) is 2. The maximum Gasteiger partial charge on any atom is 0.308 e. The standard InChI is InChI=1S/C7H12Cl3NO2/c8-5(6(9)10)4(7(12)13)2-1-3-11/h4-6H,1-3,11H2,(H,12,13). The maximum atomic E-state index is 10.7. The number of alkyl halides is 3. The van der Waals surface area contributed by atoms with Crippen molar-refractivity contribution in [1.82, 2.24) is 0 Å². The summed E-state index contributed by atoms with van der Waals surface area (Å²) in [4.78, 5) is 9.83. The highest BCUT2D eigenvalue weighted by Crippen LogP contribution is 2.25. The smallest absolute Gasteiger partial charge is 0.308 e. The first-order chi connectivity index (χ1) is 6.00. The quantitative estimate of drug-likeness (QED) is 0.705. The Labute approximate surface area is 92.1 Å². The van der Waals surface area contributed by atoms with Crippen LogP contribution in [0, 0.1) is 5.92 Å². The van der Waals surface area contributed by atoms with Gasteiger partial charge in [-0.25, -0.2) is 0 Å². The summed E-state index contributed by atoms with van der Waals surface area (Å²) in [7, 11) is 0. The van der Waals surface area contributed by atoms with E-state index in [0.29, 0.717) is 19.4 Å². The van der Waals surface area contributed by atoms with Crippen LogP contribution >= 0.6 is 34.8 Å². The average molecular weight is 249 g/mol. The van der Waals surface area contributed by atoms with Crippen LogP contribution in [0.25, 0.3) is 0 Å². The van der Waals surface area contributed by atoms with Gasteiger partial charge in [0.05, 0.1) is 11.3 Å². The van der Waals surface area contributed by atoms with Crippen molar-refractivity contribution in [2.24, 2.45) is 11.7 Å². The van der Waals surface area contributed by atoms with Crippen LogP contribution in [0.5, 0.6) is 0 Å². The normalized spacial score (nSPS) is 15.8. The molecular formula is C7H12Cl3NO2. The molecule has 2 unspecified atom stereocenters. The summed E-state index contributed by atoms with van der Waals surface area (Å²) in [5.74, 6) is -1.72. The molecule has 0 bridgehead atoms. The van der Waals surface area contributed by atoms with Crippen molar-refractivity contribution in [2.75, 3.05) is 6.54 Å². The van der Waals surface area contributed by atoms with E-state index in [1.807, 2.05) is 0 Å². The van der Waals surface area contributed by atoms with Gasteiger partial charge in [0.25, 0.3) is 0 Å². The summed E-state index contributed by atoms with van der Waals surface area (Å²) in [6, 6.07) is 0. The second kappa shape index (κ2) is 6.71. The number of aliphatic carboxylic acids is 1. The molecular weight excluding hydrogens is 236 g/mol. The van der Waals surface area contributed by atoms with Gasteiger partial charge < -0.3 is 10.8 Å². The molecule has 6 heteroatoms. The number of carboxylic acid groups (broad SMARTS) is 1. The summed E-state index contributed by atoms with van der Waals surface area (Å²) in [5.41, 5.74) is 5.25. The average Bonchev–Trinajstić information content (AvgIpc) is 2.04. The van der Waals surface area contributed by atoms with Crippen molar-refractivity contribution in [3.63, 3.8) is 0 Å². The molecule has 0 heterocycles. The molecule has 0 radical (unpaired) electrons. The Bertz CT molecular complexity index is 166. The van der Waals surface area contributed by atoms with Gasteiger partial charge in [0.1, 0.15) is 4.84 Å². The molecule has 0 aliphatic carbocycles. The van der Waals surface area contributed by atoms with E-state index >= 15 is 0 Å². The zero-order valence-electron chi connectivity index (χ0n) is 6.92. The van der Waals surface area contributed by atoms with Crippen molar-refractivity contribution in [3.8, 4) is 0 Å². The minimum atomic E-state index is -0.986. The minimum absolute atomic E-state index is 0.399. The maximum absolute atomic E-state index is 10.7. The van der Waals surface area contributed by atoms with E-state index in [-0.39, 0.29) is 0 Å². The molecule has 13 heavy (non-hydrogen) atoms. The minimum Gasteiger partial charge on any atom is -0.481 e. The first kappa shape index (κ1) is 13.3. The molecule has 0 saturated heterocycles. The summed E-state index contributed by atoms with van der Waals surface area (Å²) in [5, 5.41) is 8.01. The molecule has 3 nitrogen and oxygen atoms in total. The predicted octanol–water partition coefficient (Wildman–Crippen LogP) is 1.84. The number of carboxylic acids is 1. The van der Waals surface area contributed by atoms with E-state index in [4.69, 9.17) is 45.6 Å². The Morgan fingerprint density at radius 2 is 1.92 bits per heavy atom. The van der Waals surface area contributed by atoms with Crippen molar-refractivity contribution in [3.05, 3.63) is 0 Å². The number of hydrogen-bond acceptors (Lipinski definition) is 2. The third-order valence-electron chi connectivity index (χ3n) is 1.66. The lowest BCUT2D eigenvalue weighted by molar-refractivity contribution is -0.141. The first-order valence-electron chi connectivity index (χ1n) is 3.85. The predicted molar refractivity (Wildman–Crippen MR) is 54.5 cm³/mol. The molecule has 2 atom stereocenters. The van der Waals surface area contributed by atoms with Crippen LogP contribution < -0.4 is 5.73 Å². The zero-order chi connectivity index (χ0) is 10.4. The van der Waals surface area contributed by atoms with E-state index in [1.165, 1.54) is 0 Å². The highest BCUT2D eigenvalue weighted by molar-refractivity contribution is 6.48. The van der Waals surface area contributed by atoms with Crippen molar-refractivity contribution < 1.29 is 9.90 Å². The highest BCUT2D eigenvalue weighted by atomic mass is 35.5. The van der Waals surface area contributed by atoms with Gasteiger partial charge in [-0.05, 0) is 19.4 Å². The first-order valence-corrected chi connectivity index (χ1v) is 5.16. The van der Waals surface area contributed by atoms with E-state index in [1.54, 1.807) is 0 Å². The zero-order valence-corrected chi connectivity index (χ0v) is 9.19. The number of halogens is 3. The van der Waals surface area contributed by atoms with E-state index in [2.05, 4.69) is 0 Å². The van der Waals surface area contributed by atoms with Crippen molar-refractivity contribution in [1.29, 1.82) is 0 Å². The number of rotatable bonds is 6. The molecule has 0 aromatic rings. The Morgan fingerprint density at radius 3 is 2.23 bits per heavy atom.